The molecule has 0 spiro atoms. The van der Waals surface area contributed by atoms with Gasteiger partial charge in [-0.05, 0) is 48.2 Å². The van der Waals surface area contributed by atoms with Crippen molar-refractivity contribution in [3.05, 3.63) is 47.5 Å². The maximum absolute atomic E-state index is 11.7. The average molecular weight is 392 g/mol. The van der Waals surface area contributed by atoms with Crippen LogP contribution in [0.1, 0.15) is 11.1 Å². The molecular formula is C16H18NaO8P. The van der Waals surface area contributed by atoms with Gasteiger partial charge in [0.1, 0.15) is 0 Å². The number of hydrogen-bond donors (Lipinski definition) is 4. The van der Waals surface area contributed by atoms with Gasteiger partial charge in [-0.1, -0.05) is 12.1 Å². The summed E-state index contributed by atoms with van der Waals surface area (Å²) in [5, 5.41) is 37.1. The maximum atomic E-state index is 11.7. The Hall–Kier alpha value is -1.25. The van der Waals surface area contributed by atoms with E-state index in [1.54, 1.807) is 0 Å². The zero-order valence-corrected chi connectivity index (χ0v) is 17.1. The van der Waals surface area contributed by atoms with Crippen LogP contribution in [-0.2, 0) is 26.5 Å². The molecule has 2 aromatic rings. The summed E-state index contributed by atoms with van der Waals surface area (Å²) in [4.78, 5) is 11.7. The zero-order chi connectivity index (χ0) is 18.4. The predicted octanol–water partition coefficient (Wildman–Crippen LogP) is -1.20. The average Bonchev–Trinajstić information content (AvgIpc) is 2.54. The SMILES string of the molecule is O=P([O-])(OCCc1ccc(O)c(O)c1)OCCc1ccc(O)c(O)c1.[Na+]. The van der Waals surface area contributed by atoms with Crippen LogP contribution in [0.5, 0.6) is 23.0 Å². The molecule has 0 saturated carbocycles. The van der Waals surface area contributed by atoms with Gasteiger partial charge in [0.15, 0.2) is 23.0 Å². The molecule has 0 radical (unpaired) electrons. The van der Waals surface area contributed by atoms with Crippen LogP contribution in [0.3, 0.4) is 0 Å². The molecule has 8 nitrogen and oxygen atoms in total. The number of hydrogen-bond acceptors (Lipinski definition) is 8. The number of benzene rings is 2. The molecule has 0 amide bonds. The molecule has 2 aromatic carbocycles. The van der Waals surface area contributed by atoms with Crippen molar-refractivity contribution in [3.8, 4) is 23.0 Å². The molecule has 10 heteroatoms. The summed E-state index contributed by atoms with van der Waals surface area (Å²) in [6.07, 6.45) is 0.407. The largest absolute Gasteiger partial charge is 1.00 e. The van der Waals surface area contributed by atoms with Crippen LogP contribution in [0, 0.1) is 0 Å². The third-order valence-corrected chi connectivity index (χ3v) is 4.36. The van der Waals surface area contributed by atoms with Crippen LogP contribution in [0.2, 0.25) is 0 Å². The topological polar surface area (TPSA) is 140 Å². The van der Waals surface area contributed by atoms with Crippen LogP contribution in [0.4, 0.5) is 0 Å². The summed E-state index contributed by atoms with van der Waals surface area (Å²) in [5.74, 6) is -1.11. The number of rotatable bonds is 8. The Balaban J connectivity index is 0.00000338. The van der Waals surface area contributed by atoms with E-state index in [-0.39, 0.29) is 78.6 Å². The van der Waals surface area contributed by atoms with Crippen molar-refractivity contribution in [2.45, 2.75) is 12.8 Å². The minimum Gasteiger partial charge on any atom is -0.756 e. The van der Waals surface area contributed by atoms with E-state index in [0.29, 0.717) is 11.1 Å². The Bertz CT molecular complexity index is 721. The second-order valence-corrected chi connectivity index (χ2v) is 6.67. The molecule has 0 atom stereocenters. The van der Waals surface area contributed by atoms with Crippen LogP contribution < -0.4 is 34.5 Å². The van der Waals surface area contributed by atoms with E-state index < -0.39 is 7.82 Å². The summed E-state index contributed by atoms with van der Waals surface area (Å²) in [5.41, 5.74) is 1.18. The van der Waals surface area contributed by atoms with E-state index in [0.717, 1.165) is 0 Å². The van der Waals surface area contributed by atoms with E-state index in [1.807, 2.05) is 0 Å². The fourth-order valence-electron chi connectivity index (χ4n) is 2.04. The van der Waals surface area contributed by atoms with E-state index in [1.165, 1.54) is 36.4 Å². The van der Waals surface area contributed by atoms with Crippen molar-refractivity contribution < 1.29 is 68.5 Å². The standard InChI is InChI=1S/C16H19O8P.Na/c17-13-3-1-11(9-15(13)19)5-7-23-25(21,22)24-8-6-12-2-4-14(18)16(20)10-12;/h1-4,9-10,17-20H,5-8H2,(H,21,22);/q;+1/p-1. The van der Waals surface area contributed by atoms with Crippen molar-refractivity contribution in [2.75, 3.05) is 13.2 Å². The molecule has 0 heterocycles. The summed E-state index contributed by atoms with van der Waals surface area (Å²) in [6.45, 7) is -0.351. The third kappa shape index (κ3) is 7.17. The second-order valence-electron chi connectivity index (χ2n) is 5.26. The minimum absolute atomic E-state index is 0. The predicted molar refractivity (Wildman–Crippen MR) is 86.5 cm³/mol. The van der Waals surface area contributed by atoms with Gasteiger partial charge in [0.2, 0.25) is 0 Å². The fourth-order valence-corrected chi connectivity index (χ4v) is 2.74. The van der Waals surface area contributed by atoms with Gasteiger partial charge in [0, 0.05) is 0 Å². The van der Waals surface area contributed by atoms with Crippen LogP contribution in [0.15, 0.2) is 36.4 Å². The quantitative estimate of drug-likeness (QED) is 0.250. The minimum atomic E-state index is -4.48. The van der Waals surface area contributed by atoms with Crippen LogP contribution in [-0.4, -0.2) is 33.6 Å². The number of phenolic OH excluding ortho intramolecular Hbond substituents is 4. The first-order chi connectivity index (χ1) is 11.8. The van der Waals surface area contributed by atoms with Crippen molar-refractivity contribution >= 4 is 7.82 Å². The number of phenols is 4. The van der Waals surface area contributed by atoms with Gasteiger partial charge in [-0.3, -0.25) is 4.57 Å². The number of aromatic hydroxyl groups is 4. The van der Waals surface area contributed by atoms with Gasteiger partial charge in [-0.2, -0.15) is 0 Å². The van der Waals surface area contributed by atoms with Gasteiger partial charge in [0.25, 0.3) is 7.82 Å². The number of phosphoric ester groups is 1. The van der Waals surface area contributed by atoms with E-state index >= 15 is 0 Å². The Labute approximate surface area is 172 Å². The Morgan fingerprint density at radius 3 is 1.50 bits per heavy atom. The molecule has 0 aliphatic heterocycles. The molecule has 136 valence electrons. The first kappa shape index (κ1) is 22.8. The monoisotopic (exact) mass is 392 g/mol. The molecule has 2 rings (SSSR count). The van der Waals surface area contributed by atoms with Crippen molar-refractivity contribution in [1.82, 2.24) is 0 Å². The molecule has 0 saturated heterocycles. The smallest absolute Gasteiger partial charge is 0.756 e. The van der Waals surface area contributed by atoms with Crippen LogP contribution in [0.25, 0.3) is 0 Å². The Morgan fingerprint density at radius 2 is 1.15 bits per heavy atom. The summed E-state index contributed by atoms with van der Waals surface area (Å²) in [6, 6.07) is 8.29. The van der Waals surface area contributed by atoms with Gasteiger partial charge in [-0.25, -0.2) is 0 Å². The van der Waals surface area contributed by atoms with E-state index in [4.69, 9.17) is 9.05 Å². The van der Waals surface area contributed by atoms with Crippen LogP contribution >= 0.6 is 7.82 Å². The Kier molecular flexibility index (Phi) is 8.92. The molecule has 0 aromatic heterocycles. The molecule has 0 fully saturated rings. The molecule has 0 aliphatic carbocycles. The Morgan fingerprint density at radius 1 is 0.769 bits per heavy atom. The normalized spacial score (nSPS) is 11.1. The first-order valence-electron chi connectivity index (χ1n) is 7.39. The molecule has 0 aliphatic rings. The van der Waals surface area contributed by atoms with E-state index in [9.17, 15) is 29.9 Å². The summed E-state index contributed by atoms with van der Waals surface area (Å²) >= 11 is 0. The maximum Gasteiger partial charge on any atom is 1.00 e. The van der Waals surface area contributed by atoms with E-state index in [2.05, 4.69) is 0 Å². The third-order valence-electron chi connectivity index (χ3n) is 3.36. The number of phosphoric acid groups is 1. The first-order valence-corrected chi connectivity index (χ1v) is 8.85. The van der Waals surface area contributed by atoms with Gasteiger partial charge in [-0.15, -0.1) is 0 Å². The molecule has 0 bridgehead atoms. The second kappa shape index (κ2) is 10.2. The van der Waals surface area contributed by atoms with Crippen molar-refractivity contribution in [3.63, 3.8) is 0 Å². The van der Waals surface area contributed by atoms with Gasteiger partial charge < -0.3 is 34.4 Å². The van der Waals surface area contributed by atoms with Crippen molar-refractivity contribution in [1.29, 1.82) is 0 Å². The summed E-state index contributed by atoms with van der Waals surface area (Å²) < 4.78 is 21.1. The summed E-state index contributed by atoms with van der Waals surface area (Å²) in [7, 11) is -4.48. The molecular weight excluding hydrogens is 374 g/mol. The fraction of sp³-hybridized carbons (Fsp3) is 0.250. The molecule has 4 N–H and O–H groups in total. The van der Waals surface area contributed by atoms with Crippen molar-refractivity contribution in [2.24, 2.45) is 0 Å². The molecule has 26 heavy (non-hydrogen) atoms. The molecule has 0 unspecified atom stereocenters. The van der Waals surface area contributed by atoms with Gasteiger partial charge in [0.05, 0.1) is 13.2 Å². The van der Waals surface area contributed by atoms with Gasteiger partial charge >= 0.3 is 29.6 Å². The zero-order valence-electron chi connectivity index (χ0n) is 14.2.